The van der Waals surface area contributed by atoms with E-state index in [1.54, 1.807) is 26.2 Å². The molecule has 2 aliphatic carbocycles. The van der Waals surface area contributed by atoms with Gasteiger partial charge in [0.2, 0.25) is 21.8 Å². The van der Waals surface area contributed by atoms with Crippen LogP contribution < -0.4 is 26.0 Å². The number of rotatable bonds is 8. The number of ether oxygens (including phenoxy) is 1. The number of fused-ring (bicyclic) bond motifs is 2. The summed E-state index contributed by atoms with van der Waals surface area (Å²) in [5.41, 5.74) is -2.14. The summed E-state index contributed by atoms with van der Waals surface area (Å²) in [4.78, 5) is 73.8. The highest BCUT2D eigenvalue weighted by molar-refractivity contribution is 7.91. The Kier molecular flexibility index (Phi) is 11.2. The van der Waals surface area contributed by atoms with Crippen LogP contribution in [-0.4, -0.2) is 95.1 Å². The van der Waals surface area contributed by atoms with E-state index in [9.17, 15) is 32.4 Å². The quantitative estimate of drug-likeness (QED) is 0.247. The van der Waals surface area contributed by atoms with Crippen molar-refractivity contribution in [3.8, 4) is 0 Å². The Morgan fingerprint density at radius 1 is 1.10 bits per heavy atom. The molecule has 0 bridgehead atoms. The lowest BCUT2D eigenvalue weighted by Gasteiger charge is -2.30. The highest BCUT2D eigenvalue weighted by atomic mass is 32.2. The number of nitrogens with one attached hydrogen (secondary N) is 5. The summed E-state index contributed by atoms with van der Waals surface area (Å²) < 4.78 is 33.1. The largest absolute Gasteiger partial charge is 0.444 e. The van der Waals surface area contributed by atoms with Gasteiger partial charge in [0.25, 0.3) is 11.8 Å². The molecule has 5 N–H and O–H groups in total. The SMILES string of the molecule is CC(C)Nc1nc(C(=O)N[C@@H]2C[C@H]3C(=O)N[C@]4(C(=O)NS(=O)(=O)C5CC5)C[C@H]4C=CCCCCC[C@H](NC(=O)OC(C)(C)C)C(=O)N3C2)cs1. The molecule has 50 heavy (non-hydrogen) atoms. The second-order valence-corrected chi connectivity index (χ2v) is 17.8. The first-order chi connectivity index (χ1) is 23.5. The predicted octanol–water partition coefficient (Wildman–Crippen LogP) is 2.56. The molecule has 15 nitrogen and oxygen atoms in total. The molecule has 2 aliphatic heterocycles. The molecule has 0 unspecified atom stereocenters. The summed E-state index contributed by atoms with van der Waals surface area (Å²) in [6, 6.07) is -2.71. The Labute approximate surface area is 297 Å². The summed E-state index contributed by atoms with van der Waals surface area (Å²) in [5, 5.41) is 13.1. The monoisotopic (exact) mass is 735 g/mol. The van der Waals surface area contributed by atoms with Gasteiger partial charge >= 0.3 is 6.09 Å². The summed E-state index contributed by atoms with van der Waals surface area (Å²) in [6.45, 7) is 8.99. The van der Waals surface area contributed by atoms with Gasteiger partial charge in [0.1, 0.15) is 28.9 Å². The fourth-order valence-electron chi connectivity index (χ4n) is 6.31. The Hall–Kier alpha value is -3.73. The van der Waals surface area contributed by atoms with Crippen LogP contribution in [0.3, 0.4) is 0 Å². The zero-order valence-electron chi connectivity index (χ0n) is 29.2. The molecule has 1 saturated heterocycles. The van der Waals surface area contributed by atoms with Crippen LogP contribution in [0, 0.1) is 5.92 Å². The number of anilines is 1. The molecule has 1 aromatic heterocycles. The van der Waals surface area contributed by atoms with E-state index in [0.717, 1.165) is 12.8 Å². The average Bonchev–Trinajstić information content (AvgIpc) is 3.89. The van der Waals surface area contributed by atoms with Crippen LogP contribution in [0.4, 0.5) is 9.93 Å². The molecule has 5 rings (SSSR count). The number of allylic oxidation sites excluding steroid dienone is 1. The smallest absolute Gasteiger partial charge is 0.408 e. The fraction of sp³-hybridized carbons (Fsp3) is 0.697. The molecule has 5 atom stereocenters. The predicted molar refractivity (Wildman–Crippen MR) is 187 cm³/mol. The third-order valence-corrected chi connectivity index (χ3v) is 11.6. The molecule has 17 heteroatoms. The van der Waals surface area contributed by atoms with Crippen LogP contribution in [0.5, 0.6) is 0 Å². The molecule has 0 radical (unpaired) electrons. The zero-order chi connectivity index (χ0) is 36.4. The summed E-state index contributed by atoms with van der Waals surface area (Å²) in [5.74, 6) is -2.91. The minimum absolute atomic E-state index is 0.0162. The Balaban J connectivity index is 1.41. The normalized spacial score (nSPS) is 27.6. The summed E-state index contributed by atoms with van der Waals surface area (Å²) in [7, 11) is -3.89. The maximum atomic E-state index is 14.3. The highest BCUT2D eigenvalue weighted by Crippen LogP contribution is 2.46. The van der Waals surface area contributed by atoms with Gasteiger partial charge in [-0.1, -0.05) is 25.0 Å². The van der Waals surface area contributed by atoms with Gasteiger partial charge in [0.05, 0.1) is 5.25 Å². The van der Waals surface area contributed by atoms with E-state index in [-0.39, 0.29) is 31.1 Å². The highest BCUT2D eigenvalue weighted by Gasteiger charge is 2.62. The zero-order valence-corrected chi connectivity index (χ0v) is 30.9. The molecule has 0 aromatic carbocycles. The van der Waals surface area contributed by atoms with E-state index in [1.165, 1.54) is 16.2 Å². The lowest BCUT2D eigenvalue weighted by Crippen LogP contribution is -2.58. The van der Waals surface area contributed by atoms with Crippen molar-refractivity contribution in [2.24, 2.45) is 5.92 Å². The number of amides is 5. The van der Waals surface area contributed by atoms with E-state index in [2.05, 4.69) is 31.0 Å². The van der Waals surface area contributed by atoms with Crippen molar-refractivity contribution >= 4 is 56.2 Å². The maximum absolute atomic E-state index is 14.3. The van der Waals surface area contributed by atoms with E-state index in [4.69, 9.17) is 4.74 Å². The van der Waals surface area contributed by atoms with Gasteiger partial charge in [-0.05, 0) is 79.6 Å². The van der Waals surface area contributed by atoms with Crippen molar-refractivity contribution in [2.75, 3.05) is 11.9 Å². The van der Waals surface area contributed by atoms with Gasteiger partial charge in [-0.2, -0.15) is 0 Å². The minimum Gasteiger partial charge on any atom is -0.444 e. The second-order valence-electron chi connectivity index (χ2n) is 15.0. The van der Waals surface area contributed by atoms with E-state index >= 15 is 0 Å². The molecular formula is C33H49N7O8S2. The van der Waals surface area contributed by atoms with Crippen molar-refractivity contribution in [3.63, 3.8) is 0 Å². The van der Waals surface area contributed by atoms with Gasteiger partial charge in [-0.15, -0.1) is 11.3 Å². The minimum atomic E-state index is -3.89. The van der Waals surface area contributed by atoms with Gasteiger partial charge in [0.15, 0.2) is 5.13 Å². The number of carbonyl (C=O) groups is 5. The first kappa shape index (κ1) is 37.5. The van der Waals surface area contributed by atoms with Gasteiger partial charge in [-0.3, -0.25) is 23.9 Å². The molecule has 3 fully saturated rings. The first-order valence-corrected chi connectivity index (χ1v) is 19.8. The average molecular weight is 736 g/mol. The Morgan fingerprint density at radius 3 is 2.52 bits per heavy atom. The number of thiazole rings is 1. The number of alkyl carbamates (subject to hydrolysis) is 1. The van der Waals surface area contributed by atoms with Gasteiger partial charge in [-0.25, -0.2) is 18.2 Å². The van der Waals surface area contributed by atoms with Gasteiger partial charge in [0, 0.05) is 29.9 Å². The molecular weight excluding hydrogens is 687 g/mol. The third-order valence-electron chi connectivity index (χ3n) is 9.06. The number of aromatic nitrogens is 1. The van der Waals surface area contributed by atoms with E-state index in [0.29, 0.717) is 37.2 Å². The van der Waals surface area contributed by atoms with Crippen molar-refractivity contribution < 1.29 is 37.1 Å². The molecule has 1 aromatic rings. The van der Waals surface area contributed by atoms with Crippen LogP contribution in [0.2, 0.25) is 0 Å². The third kappa shape index (κ3) is 9.33. The first-order valence-electron chi connectivity index (χ1n) is 17.3. The van der Waals surface area contributed by atoms with E-state index < -0.39 is 80.2 Å². The second kappa shape index (κ2) is 14.9. The molecule has 3 heterocycles. The molecule has 0 spiro atoms. The molecule has 4 aliphatic rings. The van der Waals surface area contributed by atoms with Crippen LogP contribution in [0.25, 0.3) is 0 Å². The molecule has 2 saturated carbocycles. The van der Waals surface area contributed by atoms with Crippen molar-refractivity contribution in [2.45, 2.75) is 133 Å². The number of hydrogen-bond donors (Lipinski definition) is 5. The Morgan fingerprint density at radius 2 is 1.84 bits per heavy atom. The lowest BCUT2D eigenvalue weighted by molar-refractivity contribution is -0.141. The van der Waals surface area contributed by atoms with Crippen molar-refractivity contribution in [1.82, 2.24) is 30.6 Å². The van der Waals surface area contributed by atoms with Crippen LogP contribution in [0.15, 0.2) is 17.5 Å². The topological polar surface area (TPSA) is 205 Å². The van der Waals surface area contributed by atoms with Gasteiger partial charge < -0.3 is 30.9 Å². The van der Waals surface area contributed by atoms with Crippen LogP contribution in [-0.2, 0) is 29.1 Å². The lowest BCUT2D eigenvalue weighted by atomic mass is 10.0. The molecule has 5 amide bonds. The van der Waals surface area contributed by atoms with Crippen LogP contribution in [0.1, 0.15) is 103 Å². The number of nitrogens with zero attached hydrogens (tertiary/aromatic N) is 2. The number of sulfonamides is 1. The standard InChI is InChI=1S/C33H49N7O8S2/c1-19(2)34-30-36-24(18-49-30)26(41)35-21-15-25-27(42)38-33(29(44)39-50(46,47)22-13-14-22)16-20(33)11-9-7-6-8-10-12-23(28(43)40(25)17-21)37-31(45)48-32(3,4)5/h9,11,18-23,25H,6-8,10,12-17H2,1-5H3,(H,34,36)(H,35,41)(H,37,45)(H,38,42)(H,39,44)/t20-,21-,23+,25+,33-/m1/s1. The van der Waals surface area contributed by atoms with Crippen molar-refractivity contribution in [1.29, 1.82) is 0 Å². The summed E-state index contributed by atoms with van der Waals surface area (Å²) in [6.07, 6.45) is 7.25. The van der Waals surface area contributed by atoms with E-state index in [1.807, 2.05) is 26.0 Å². The summed E-state index contributed by atoms with van der Waals surface area (Å²) >= 11 is 1.28. The number of carbonyl (C=O) groups excluding carboxylic acids is 5. The fourth-order valence-corrected chi connectivity index (χ4v) is 8.51. The number of hydrogen-bond acceptors (Lipinski definition) is 11. The molecule has 276 valence electrons. The van der Waals surface area contributed by atoms with Crippen molar-refractivity contribution in [3.05, 3.63) is 23.2 Å². The maximum Gasteiger partial charge on any atom is 0.408 e. The Bertz CT molecular complexity index is 1620. The van der Waals surface area contributed by atoms with Crippen LogP contribution >= 0.6 is 11.3 Å².